The molecular formula is C30H33IrN2O2-. The zero-order valence-electron chi connectivity index (χ0n) is 21.4. The fourth-order valence-electron chi connectivity index (χ4n) is 3.31. The first-order valence-electron chi connectivity index (χ1n) is 11.4. The van der Waals surface area contributed by atoms with Crippen molar-refractivity contribution in [2.24, 2.45) is 10.8 Å². The molecule has 4 aromatic rings. The van der Waals surface area contributed by atoms with Gasteiger partial charge in [0.05, 0.1) is 0 Å². The molecule has 4 nitrogen and oxygen atoms in total. The van der Waals surface area contributed by atoms with Crippen LogP contribution >= 0.6 is 0 Å². The third-order valence-corrected chi connectivity index (χ3v) is 5.52. The largest absolute Gasteiger partial charge is 0.512 e. The summed E-state index contributed by atoms with van der Waals surface area (Å²) in [4.78, 5) is 20.5. The minimum absolute atomic E-state index is 0. The summed E-state index contributed by atoms with van der Waals surface area (Å²) in [6.45, 7) is 13.1. The molecule has 0 bridgehead atoms. The third-order valence-electron chi connectivity index (χ3n) is 5.52. The fourth-order valence-corrected chi connectivity index (χ4v) is 3.31. The van der Waals surface area contributed by atoms with Crippen LogP contribution in [0.2, 0.25) is 0 Å². The number of allylic oxidation sites excluding steroid dienone is 2. The van der Waals surface area contributed by atoms with Gasteiger partial charge in [-0.1, -0.05) is 53.7 Å². The predicted molar refractivity (Wildman–Crippen MR) is 141 cm³/mol. The van der Waals surface area contributed by atoms with Crippen molar-refractivity contribution in [1.29, 1.82) is 0 Å². The Labute approximate surface area is 221 Å². The number of aryl methyl sites for hydroxylation is 1. The summed E-state index contributed by atoms with van der Waals surface area (Å²) in [5.41, 5.74) is 2.26. The summed E-state index contributed by atoms with van der Waals surface area (Å²) in [7, 11) is 0. The summed E-state index contributed by atoms with van der Waals surface area (Å²) in [5.74, 6) is 0.104. The van der Waals surface area contributed by atoms with Crippen LogP contribution in [0.5, 0.6) is 0 Å². The number of fused-ring (bicyclic) bond motifs is 3. The van der Waals surface area contributed by atoms with Crippen LogP contribution in [0.1, 0.15) is 47.2 Å². The Morgan fingerprint density at radius 3 is 2.23 bits per heavy atom. The number of aliphatic hydroxyl groups is 1. The second kappa shape index (κ2) is 11.2. The van der Waals surface area contributed by atoms with Crippen molar-refractivity contribution in [2.45, 2.75) is 48.5 Å². The van der Waals surface area contributed by atoms with Crippen LogP contribution in [-0.4, -0.2) is 20.9 Å². The zero-order valence-corrected chi connectivity index (χ0v) is 23.8. The molecular weight excluding hydrogens is 613 g/mol. The molecule has 5 heteroatoms. The number of benzene rings is 2. The van der Waals surface area contributed by atoms with Crippen molar-refractivity contribution in [3.8, 4) is 11.3 Å². The van der Waals surface area contributed by atoms with E-state index >= 15 is 0 Å². The molecule has 0 saturated carbocycles. The van der Waals surface area contributed by atoms with Gasteiger partial charge in [-0.2, -0.15) is 0 Å². The third kappa shape index (κ3) is 7.06. The Balaban J connectivity index is 0.000000271. The van der Waals surface area contributed by atoms with E-state index in [-0.39, 0.29) is 37.1 Å². The molecule has 2 aromatic heterocycles. The second-order valence-corrected chi connectivity index (χ2v) is 10.5. The maximum atomic E-state index is 11.5. The normalized spacial score (nSPS) is 12.0. The smallest absolute Gasteiger partial charge is 0.164 e. The van der Waals surface area contributed by atoms with Crippen LogP contribution in [0, 0.1) is 23.8 Å². The number of pyridine rings is 2. The monoisotopic (exact) mass is 646 g/mol. The van der Waals surface area contributed by atoms with E-state index in [1.54, 1.807) is 0 Å². The second-order valence-electron chi connectivity index (χ2n) is 10.5. The molecule has 2 aromatic carbocycles. The average molecular weight is 646 g/mol. The molecule has 4 rings (SSSR count). The van der Waals surface area contributed by atoms with Gasteiger partial charge in [0.15, 0.2) is 5.78 Å². The van der Waals surface area contributed by atoms with Gasteiger partial charge in [0.25, 0.3) is 0 Å². The molecule has 0 atom stereocenters. The summed E-state index contributed by atoms with van der Waals surface area (Å²) in [6, 6.07) is 19.6. The SMILES string of the molecule is CC(C)(C)C(=O)/C=C(\O)C(C)(C)C.Cc1cc2ccc3c(-c4[c-]cccc4)nccc3c2cn1.[Ir]. The number of rotatable bonds is 2. The van der Waals surface area contributed by atoms with Crippen LogP contribution in [-0.2, 0) is 24.9 Å². The van der Waals surface area contributed by atoms with E-state index in [0.29, 0.717) is 0 Å². The molecule has 1 radical (unpaired) electrons. The van der Waals surface area contributed by atoms with Crippen molar-refractivity contribution in [2.75, 3.05) is 0 Å². The molecule has 35 heavy (non-hydrogen) atoms. The van der Waals surface area contributed by atoms with E-state index in [4.69, 9.17) is 0 Å². The number of aliphatic hydroxyl groups excluding tert-OH is 1. The number of carbonyl (C=O) groups is 1. The van der Waals surface area contributed by atoms with E-state index in [1.165, 1.54) is 16.8 Å². The summed E-state index contributed by atoms with van der Waals surface area (Å²) in [6.07, 6.45) is 5.14. The van der Waals surface area contributed by atoms with Crippen LogP contribution < -0.4 is 0 Å². The Bertz CT molecular complexity index is 1350. The molecule has 0 spiro atoms. The zero-order chi connectivity index (χ0) is 25.1. The maximum absolute atomic E-state index is 11.5. The van der Waals surface area contributed by atoms with Gasteiger partial charge >= 0.3 is 0 Å². The molecule has 0 aliphatic rings. The van der Waals surface area contributed by atoms with Gasteiger partial charge in [-0.15, -0.1) is 35.9 Å². The Kier molecular flexibility index (Phi) is 9.11. The standard InChI is InChI=1S/C19H13N2.C11H20O2.Ir/c1-13-11-15-7-8-17-16(18(15)12-21-13)9-10-20-19(17)14-5-3-2-4-6-14;1-10(2,3)8(12)7-9(13)11(4,5)6;/h2-5,7-12H,1H3;7,12H,1-6H3;/q-1;;/b;8-7-;. The van der Waals surface area contributed by atoms with Crippen molar-refractivity contribution in [1.82, 2.24) is 9.97 Å². The molecule has 2 heterocycles. The predicted octanol–water partition coefficient (Wildman–Crippen LogP) is 7.65. The summed E-state index contributed by atoms with van der Waals surface area (Å²) >= 11 is 0. The number of aromatic nitrogens is 2. The molecule has 0 saturated heterocycles. The number of hydrogen-bond acceptors (Lipinski definition) is 4. The minimum atomic E-state index is -0.417. The van der Waals surface area contributed by atoms with Gasteiger partial charge in [-0.3, -0.25) is 9.78 Å². The van der Waals surface area contributed by atoms with Crippen LogP contribution in [0.25, 0.3) is 32.8 Å². The van der Waals surface area contributed by atoms with Crippen molar-refractivity contribution in [3.05, 3.63) is 84.5 Å². The van der Waals surface area contributed by atoms with Crippen LogP contribution in [0.4, 0.5) is 0 Å². The quantitative estimate of drug-likeness (QED) is 0.105. The Morgan fingerprint density at radius 2 is 1.63 bits per heavy atom. The van der Waals surface area contributed by atoms with Gasteiger partial charge in [-0.25, -0.2) is 0 Å². The van der Waals surface area contributed by atoms with Gasteiger partial charge in [0.2, 0.25) is 0 Å². The van der Waals surface area contributed by atoms with E-state index in [1.807, 2.05) is 85.1 Å². The molecule has 0 amide bonds. The molecule has 0 unspecified atom stereocenters. The topological polar surface area (TPSA) is 63.1 Å². The average Bonchev–Trinajstić information content (AvgIpc) is 2.78. The molecule has 0 aliphatic heterocycles. The summed E-state index contributed by atoms with van der Waals surface area (Å²) < 4.78 is 0. The Morgan fingerprint density at radius 1 is 0.914 bits per heavy atom. The Hall–Kier alpha value is -2.88. The minimum Gasteiger partial charge on any atom is -0.512 e. The van der Waals surface area contributed by atoms with Gasteiger partial charge in [-0.05, 0) is 40.9 Å². The molecule has 1 N–H and O–H groups in total. The van der Waals surface area contributed by atoms with Crippen LogP contribution in [0.15, 0.2) is 72.8 Å². The number of carbonyl (C=O) groups excluding carboxylic acids is 1. The van der Waals surface area contributed by atoms with Gasteiger partial charge < -0.3 is 10.1 Å². The molecule has 185 valence electrons. The van der Waals surface area contributed by atoms with Crippen molar-refractivity contribution >= 4 is 27.3 Å². The number of hydrogen-bond donors (Lipinski definition) is 1. The first kappa shape index (κ1) is 28.4. The fraction of sp³-hybridized carbons (Fsp3) is 0.300. The van der Waals surface area contributed by atoms with E-state index in [9.17, 15) is 9.90 Å². The maximum Gasteiger partial charge on any atom is 0.164 e. The first-order chi connectivity index (χ1) is 15.9. The van der Waals surface area contributed by atoms with Crippen LogP contribution in [0.3, 0.4) is 0 Å². The van der Waals surface area contributed by atoms with Gasteiger partial charge in [0.1, 0.15) is 5.76 Å². The van der Waals surface area contributed by atoms with E-state index in [2.05, 4.69) is 40.3 Å². The number of nitrogens with zero attached hydrogens (tertiary/aromatic N) is 2. The van der Waals surface area contributed by atoms with Gasteiger partial charge in [0, 0.05) is 60.5 Å². The van der Waals surface area contributed by atoms with E-state index < -0.39 is 5.41 Å². The van der Waals surface area contributed by atoms with Crippen molar-refractivity contribution in [3.63, 3.8) is 0 Å². The summed E-state index contributed by atoms with van der Waals surface area (Å²) in [5, 5.41) is 14.3. The number of ketones is 1. The van der Waals surface area contributed by atoms with Crippen molar-refractivity contribution < 1.29 is 30.0 Å². The molecule has 0 aliphatic carbocycles. The molecule has 0 fully saturated rings. The first-order valence-corrected chi connectivity index (χ1v) is 11.4. The van der Waals surface area contributed by atoms with E-state index in [0.717, 1.165) is 27.7 Å².